The monoisotopic (exact) mass is 327 g/mol. The molecule has 0 atom stereocenters. The van der Waals surface area contributed by atoms with Gasteiger partial charge in [0.1, 0.15) is 14.4 Å². The molecule has 0 unspecified atom stereocenters. The summed E-state index contributed by atoms with van der Waals surface area (Å²) in [6, 6.07) is 0. The van der Waals surface area contributed by atoms with Crippen LogP contribution in [0.3, 0.4) is 0 Å². The Kier molecular flexibility index (Phi) is 5.15. The zero-order valence-corrected chi connectivity index (χ0v) is 15.8. The van der Waals surface area contributed by atoms with Gasteiger partial charge in [-0.3, -0.25) is 4.79 Å². The van der Waals surface area contributed by atoms with Crippen molar-refractivity contribution in [2.24, 2.45) is 4.99 Å². The van der Waals surface area contributed by atoms with E-state index in [1.54, 1.807) is 6.20 Å². The second-order valence-electron chi connectivity index (χ2n) is 7.07. The summed E-state index contributed by atoms with van der Waals surface area (Å²) >= 11 is 0. The van der Waals surface area contributed by atoms with Crippen molar-refractivity contribution in [2.75, 3.05) is 0 Å². The molecule has 23 heavy (non-hydrogen) atoms. The Hall–Kier alpha value is -1.80. The Bertz CT molecular complexity index is 763. The maximum atomic E-state index is 11.9. The van der Waals surface area contributed by atoms with Crippen LogP contribution >= 0.6 is 0 Å². The molecule has 1 aromatic rings. The number of aromatic nitrogens is 2. The molecule has 1 aliphatic rings. The fraction of sp³-hybridized carbons (Fsp3) is 0.556. The highest BCUT2D eigenvalue weighted by Crippen LogP contribution is 2.40. The summed E-state index contributed by atoms with van der Waals surface area (Å²) in [5.41, 5.74) is 6.62. The van der Waals surface area contributed by atoms with Crippen LogP contribution in [-0.2, 0) is 4.79 Å². The molecule has 2 heterocycles. The Morgan fingerprint density at radius 1 is 1.09 bits per heavy atom. The molecule has 0 aliphatic carbocycles. The zero-order chi connectivity index (χ0) is 17.2. The van der Waals surface area contributed by atoms with Crippen LogP contribution in [0.15, 0.2) is 17.5 Å². The van der Waals surface area contributed by atoms with Crippen molar-refractivity contribution in [3.63, 3.8) is 0 Å². The number of rotatable bonds is 3. The topological polar surface area (TPSA) is 55.2 Å². The summed E-state index contributed by atoms with van der Waals surface area (Å²) in [6.07, 6.45) is 3.39. The minimum atomic E-state index is -1.82. The van der Waals surface area contributed by atoms with Crippen molar-refractivity contribution in [3.8, 4) is 11.5 Å². The Morgan fingerprint density at radius 2 is 1.70 bits per heavy atom. The highest BCUT2D eigenvalue weighted by atomic mass is 28.3. The molecule has 2 rings (SSSR count). The molecular formula is C18H25N3OSi. The van der Waals surface area contributed by atoms with E-state index in [1.165, 1.54) is 6.33 Å². The van der Waals surface area contributed by atoms with Crippen molar-refractivity contribution >= 4 is 19.6 Å². The lowest BCUT2D eigenvalue weighted by molar-refractivity contribution is -0.117. The van der Waals surface area contributed by atoms with Gasteiger partial charge in [-0.2, -0.15) is 4.99 Å². The fourth-order valence-electron chi connectivity index (χ4n) is 3.76. The van der Waals surface area contributed by atoms with E-state index < -0.39 is 8.07 Å². The van der Waals surface area contributed by atoms with Gasteiger partial charge in [0, 0.05) is 17.0 Å². The van der Waals surface area contributed by atoms with Crippen LogP contribution in [-0.4, -0.2) is 23.9 Å². The summed E-state index contributed by atoms with van der Waals surface area (Å²) in [4.78, 5) is 24.0. The summed E-state index contributed by atoms with van der Waals surface area (Å²) in [5, 5.41) is 0.804. The van der Waals surface area contributed by atoms with Crippen molar-refractivity contribution in [1.82, 2.24) is 9.97 Å². The molecule has 0 aromatic carbocycles. The number of carbonyl (C=O) groups excluding carboxylic acids is 1. The molecule has 4 nitrogen and oxygen atoms in total. The van der Waals surface area contributed by atoms with Gasteiger partial charge in [0.2, 0.25) is 0 Å². The molecular weight excluding hydrogens is 302 g/mol. The van der Waals surface area contributed by atoms with E-state index in [1.807, 2.05) is 0 Å². The van der Waals surface area contributed by atoms with Gasteiger partial charge in [-0.1, -0.05) is 47.5 Å². The lowest BCUT2D eigenvalue weighted by Crippen LogP contribution is -2.43. The molecule has 0 radical (unpaired) electrons. The summed E-state index contributed by atoms with van der Waals surface area (Å²) in [6.45, 7) is 13.7. The van der Waals surface area contributed by atoms with Crippen LogP contribution in [0.5, 0.6) is 0 Å². The minimum absolute atomic E-state index is 0.175. The second-order valence-corrected chi connectivity index (χ2v) is 12.6. The average Bonchev–Trinajstić information content (AvgIpc) is 2.46. The zero-order valence-electron chi connectivity index (χ0n) is 14.8. The van der Waals surface area contributed by atoms with Crippen molar-refractivity contribution < 1.29 is 4.79 Å². The second kappa shape index (κ2) is 6.75. The standard InChI is InChI=1S/C18H25N3OSi/c1-12(2)23(13(3)4,14(5)6)8-7-15-9-17(22)21-18-16(15)10-19-11-20-18/h10-14H,9H2,1-6H3. The van der Waals surface area contributed by atoms with Gasteiger partial charge >= 0.3 is 0 Å². The van der Waals surface area contributed by atoms with Crippen molar-refractivity contribution in [3.05, 3.63) is 23.2 Å². The first-order chi connectivity index (χ1) is 10.8. The third kappa shape index (κ3) is 3.27. The van der Waals surface area contributed by atoms with E-state index in [9.17, 15) is 4.79 Å². The first kappa shape index (κ1) is 17.5. The van der Waals surface area contributed by atoms with E-state index >= 15 is 0 Å². The van der Waals surface area contributed by atoms with E-state index in [0.29, 0.717) is 22.1 Å². The molecule has 0 saturated heterocycles. The number of carbonyl (C=O) groups is 1. The van der Waals surface area contributed by atoms with Crippen LogP contribution in [0, 0.1) is 11.5 Å². The first-order valence-corrected chi connectivity index (χ1v) is 10.5. The third-order valence-electron chi connectivity index (χ3n) is 4.87. The lowest BCUT2D eigenvalue weighted by atomic mass is 10.1. The number of amides is 1. The van der Waals surface area contributed by atoms with Gasteiger partial charge in [0.05, 0.1) is 6.42 Å². The predicted molar refractivity (Wildman–Crippen MR) is 94.7 cm³/mol. The Labute approximate surface area is 139 Å². The molecule has 0 fully saturated rings. The van der Waals surface area contributed by atoms with Crippen LogP contribution < -0.4 is 10.7 Å². The van der Waals surface area contributed by atoms with Crippen LogP contribution in [0.1, 0.15) is 48.0 Å². The lowest BCUT2D eigenvalue weighted by Gasteiger charge is -2.38. The molecule has 1 aliphatic heterocycles. The van der Waals surface area contributed by atoms with Gasteiger partial charge in [0.25, 0.3) is 5.91 Å². The van der Waals surface area contributed by atoms with Crippen molar-refractivity contribution in [1.29, 1.82) is 0 Å². The minimum Gasteiger partial charge on any atom is -0.272 e. The molecule has 0 bridgehead atoms. The predicted octanol–water partition coefficient (Wildman–Crippen LogP) is 2.40. The van der Waals surface area contributed by atoms with Crippen LogP contribution in [0.25, 0.3) is 5.57 Å². The SMILES string of the molecule is CC(C)[Si](C#CC1=c2cncnc2=NC(=O)C1)(C(C)C)C(C)C. The van der Waals surface area contributed by atoms with E-state index in [2.05, 4.69) is 68.0 Å². The number of fused-ring (bicyclic) bond motifs is 1. The number of hydrogen-bond acceptors (Lipinski definition) is 3. The average molecular weight is 328 g/mol. The molecule has 0 spiro atoms. The Balaban J connectivity index is 2.65. The number of nitrogens with zero attached hydrogens (tertiary/aromatic N) is 3. The van der Waals surface area contributed by atoms with Gasteiger partial charge < -0.3 is 0 Å². The first-order valence-electron chi connectivity index (χ1n) is 8.23. The number of hydrogen-bond donors (Lipinski definition) is 0. The van der Waals surface area contributed by atoms with Crippen LogP contribution in [0.2, 0.25) is 16.6 Å². The Morgan fingerprint density at radius 3 is 2.26 bits per heavy atom. The third-order valence-corrected chi connectivity index (χ3v) is 11.2. The summed E-state index contributed by atoms with van der Waals surface area (Å²) < 4.78 is 0. The van der Waals surface area contributed by atoms with Crippen molar-refractivity contribution in [2.45, 2.75) is 64.6 Å². The maximum Gasteiger partial charge on any atom is 0.252 e. The quantitative estimate of drug-likeness (QED) is 0.633. The highest BCUT2D eigenvalue weighted by molar-refractivity contribution is 6.90. The maximum absolute atomic E-state index is 11.9. The molecule has 5 heteroatoms. The van der Waals surface area contributed by atoms with Gasteiger partial charge in [0.15, 0.2) is 5.49 Å². The molecule has 1 amide bonds. The van der Waals surface area contributed by atoms with Gasteiger partial charge in [-0.05, 0) is 16.6 Å². The normalized spacial score (nSPS) is 14.7. The summed E-state index contributed by atoms with van der Waals surface area (Å²) in [7, 11) is -1.82. The van der Waals surface area contributed by atoms with Gasteiger partial charge in [-0.15, -0.1) is 5.54 Å². The smallest absolute Gasteiger partial charge is 0.252 e. The van der Waals surface area contributed by atoms with E-state index in [0.717, 1.165) is 10.8 Å². The van der Waals surface area contributed by atoms with E-state index in [4.69, 9.17) is 0 Å². The molecule has 1 aromatic heterocycles. The van der Waals surface area contributed by atoms with E-state index in [-0.39, 0.29) is 12.3 Å². The van der Waals surface area contributed by atoms with Crippen LogP contribution in [0.4, 0.5) is 0 Å². The molecule has 122 valence electrons. The van der Waals surface area contributed by atoms with Gasteiger partial charge in [-0.25, -0.2) is 9.97 Å². The molecule has 0 saturated carbocycles. The summed E-state index contributed by atoms with van der Waals surface area (Å²) in [5.74, 6) is 3.19. The molecule has 0 N–H and O–H groups in total. The fourth-order valence-corrected chi connectivity index (χ4v) is 8.99. The largest absolute Gasteiger partial charge is 0.272 e. The highest BCUT2D eigenvalue weighted by Gasteiger charge is 2.41.